The number of nitrogens with zero attached hydrogens (tertiary/aromatic N) is 6. The van der Waals surface area contributed by atoms with E-state index >= 15 is 4.39 Å². The van der Waals surface area contributed by atoms with Gasteiger partial charge in [0.05, 0.1) is 21.9 Å². The fourth-order valence-electron chi connectivity index (χ4n) is 5.37. The molecule has 3 aromatic heterocycles. The minimum absolute atomic E-state index is 0.0330. The van der Waals surface area contributed by atoms with Crippen LogP contribution in [0.5, 0.6) is 5.75 Å². The van der Waals surface area contributed by atoms with Crippen LogP contribution in [0.1, 0.15) is 19.8 Å². The summed E-state index contributed by atoms with van der Waals surface area (Å²) in [6.45, 7) is 6.09. The average Bonchev–Trinajstić information content (AvgIpc) is 3.84. The predicted molar refractivity (Wildman–Crippen MR) is 154 cm³/mol. The summed E-state index contributed by atoms with van der Waals surface area (Å²) < 4.78 is 58.3. The first-order valence-electron chi connectivity index (χ1n) is 13.5. The van der Waals surface area contributed by atoms with Crippen molar-refractivity contribution in [3.05, 3.63) is 77.4 Å². The summed E-state index contributed by atoms with van der Waals surface area (Å²) in [5, 5.41) is 9.44. The van der Waals surface area contributed by atoms with Gasteiger partial charge in [0.1, 0.15) is 23.1 Å². The van der Waals surface area contributed by atoms with E-state index in [1.165, 1.54) is 36.5 Å². The summed E-state index contributed by atoms with van der Waals surface area (Å²) in [6, 6.07) is 6.91. The molecule has 1 aromatic carbocycles. The Morgan fingerprint density at radius 2 is 1.88 bits per heavy atom. The average molecular weight is 609 g/mol. The van der Waals surface area contributed by atoms with E-state index in [2.05, 4.69) is 21.5 Å². The lowest BCUT2D eigenvalue weighted by atomic mass is 10.1. The lowest BCUT2D eigenvalue weighted by molar-refractivity contribution is -0.126. The molecule has 6 rings (SSSR count). The molecule has 11 nitrogen and oxygen atoms in total. The number of amides is 1. The van der Waals surface area contributed by atoms with Gasteiger partial charge in [0.15, 0.2) is 16.5 Å². The van der Waals surface area contributed by atoms with Crippen molar-refractivity contribution >= 4 is 32.6 Å². The number of carbonyl (C=O) groups excluding carboxylic acids is 1. The van der Waals surface area contributed by atoms with Gasteiger partial charge in [-0.1, -0.05) is 12.6 Å². The van der Waals surface area contributed by atoms with Crippen LogP contribution in [-0.2, 0) is 14.6 Å². The highest BCUT2D eigenvalue weighted by molar-refractivity contribution is 7.92. The lowest BCUT2D eigenvalue weighted by Gasteiger charge is -2.40. The second-order valence-electron chi connectivity index (χ2n) is 10.5. The van der Waals surface area contributed by atoms with Crippen LogP contribution >= 0.6 is 0 Å². The molecular weight excluding hydrogens is 582 g/mol. The van der Waals surface area contributed by atoms with Gasteiger partial charge in [0, 0.05) is 31.9 Å². The molecule has 14 heteroatoms. The number of benzene rings is 1. The van der Waals surface area contributed by atoms with Crippen LogP contribution < -0.4 is 10.6 Å². The summed E-state index contributed by atoms with van der Waals surface area (Å²) in [5.41, 5.74) is -2.39. The standard InChI is InChI=1S/C29H26F2N6O5S/c1-3-23(39)35-12-13-36(16(2)15-35)26-18-14-20(31)25(24-19(30)6-4-8-22(24)38)33-27(18)37(29(40)34-26)21-7-5-11-32-28(21)43(41,42)17-9-10-17/h3-8,11,14,16-17,38H,1,9-10,12-13,15H2,2H3/t16-/m0/s1. The Morgan fingerprint density at radius 1 is 1.12 bits per heavy atom. The second-order valence-corrected chi connectivity index (χ2v) is 12.6. The number of anilines is 1. The molecule has 0 spiro atoms. The number of fused-ring (bicyclic) bond motifs is 1. The molecule has 1 saturated carbocycles. The predicted octanol–water partition coefficient (Wildman–Crippen LogP) is 2.99. The summed E-state index contributed by atoms with van der Waals surface area (Å²) in [7, 11) is -3.93. The molecule has 1 atom stereocenters. The molecule has 43 heavy (non-hydrogen) atoms. The van der Waals surface area contributed by atoms with E-state index in [1.807, 2.05) is 0 Å². The largest absolute Gasteiger partial charge is 0.507 e. The Labute approximate surface area is 244 Å². The minimum atomic E-state index is -3.93. The van der Waals surface area contributed by atoms with Crippen LogP contribution in [0.2, 0.25) is 0 Å². The number of phenolic OH excluding ortho intramolecular Hbond substituents is 1. The van der Waals surface area contributed by atoms with Crippen LogP contribution in [0.25, 0.3) is 28.0 Å². The molecule has 1 saturated heterocycles. The van der Waals surface area contributed by atoms with Crippen molar-refractivity contribution in [3.63, 3.8) is 0 Å². The molecule has 1 amide bonds. The maximum absolute atomic E-state index is 15.8. The van der Waals surface area contributed by atoms with Gasteiger partial charge in [-0.2, -0.15) is 4.98 Å². The van der Waals surface area contributed by atoms with Gasteiger partial charge in [-0.3, -0.25) is 4.79 Å². The third-order valence-electron chi connectivity index (χ3n) is 7.64. The molecule has 4 heterocycles. The van der Waals surface area contributed by atoms with E-state index in [0.717, 1.165) is 16.7 Å². The van der Waals surface area contributed by atoms with Crippen molar-refractivity contribution in [3.8, 4) is 22.7 Å². The molecule has 2 aliphatic rings. The number of hydrogen-bond donors (Lipinski definition) is 1. The van der Waals surface area contributed by atoms with Crippen LogP contribution in [0, 0.1) is 11.6 Å². The third-order valence-corrected chi connectivity index (χ3v) is 9.84. The Morgan fingerprint density at radius 3 is 2.56 bits per heavy atom. The number of pyridine rings is 2. The van der Waals surface area contributed by atoms with Crippen LogP contribution in [0.4, 0.5) is 14.6 Å². The summed E-state index contributed by atoms with van der Waals surface area (Å²) in [5.74, 6) is -2.75. The first kappa shape index (κ1) is 28.4. The number of phenols is 1. The zero-order valence-electron chi connectivity index (χ0n) is 22.9. The number of halogens is 2. The van der Waals surface area contributed by atoms with E-state index < -0.39 is 49.4 Å². The van der Waals surface area contributed by atoms with E-state index in [9.17, 15) is 27.5 Å². The van der Waals surface area contributed by atoms with E-state index in [1.54, 1.807) is 16.7 Å². The number of aromatic hydroxyl groups is 1. The normalized spacial score (nSPS) is 17.3. The minimum Gasteiger partial charge on any atom is -0.507 e. The van der Waals surface area contributed by atoms with E-state index in [0.29, 0.717) is 12.8 Å². The second kappa shape index (κ2) is 10.5. The SMILES string of the molecule is C=CC(=O)N1CCN(c2nc(=O)n(-c3cccnc3S(=O)(=O)C3CC3)c3nc(-c4c(O)cccc4F)c(F)cc23)[C@@H](C)C1. The fraction of sp³-hybridized carbons (Fsp3) is 0.276. The highest BCUT2D eigenvalue weighted by Crippen LogP contribution is 2.38. The maximum Gasteiger partial charge on any atom is 0.355 e. The van der Waals surface area contributed by atoms with Crippen LogP contribution in [0.3, 0.4) is 0 Å². The zero-order chi connectivity index (χ0) is 30.6. The molecule has 1 N–H and O–H groups in total. The van der Waals surface area contributed by atoms with E-state index in [4.69, 9.17) is 0 Å². The number of carbonyl (C=O) groups is 1. The summed E-state index contributed by atoms with van der Waals surface area (Å²) in [4.78, 5) is 42.0. The van der Waals surface area contributed by atoms with Crippen molar-refractivity contribution in [2.24, 2.45) is 0 Å². The molecule has 0 bridgehead atoms. The number of hydrogen-bond acceptors (Lipinski definition) is 9. The van der Waals surface area contributed by atoms with Gasteiger partial charge in [-0.15, -0.1) is 0 Å². The van der Waals surface area contributed by atoms with Crippen molar-refractivity contribution in [1.82, 2.24) is 24.4 Å². The van der Waals surface area contributed by atoms with Gasteiger partial charge in [0.25, 0.3) is 0 Å². The number of rotatable bonds is 6. The number of piperazine rings is 1. The number of aromatic nitrogens is 4. The highest BCUT2D eigenvalue weighted by Gasteiger charge is 2.40. The summed E-state index contributed by atoms with van der Waals surface area (Å²) >= 11 is 0. The zero-order valence-corrected chi connectivity index (χ0v) is 23.8. The molecule has 222 valence electrons. The van der Waals surface area contributed by atoms with Gasteiger partial charge in [0.2, 0.25) is 15.7 Å². The van der Waals surface area contributed by atoms with E-state index in [-0.39, 0.29) is 59.1 Å². The van der Waals surface area contributed by atoms with Crippen molar-refractivity contribution in [2.45, 2.75) is 36.1 Å². The Balaban J connectivity index is 1.64. The molecule has 2 fully saturated rings. The summed E-state index contributed by atoms with van der Waals surface area (Å²) in [6.07, 6.45) is 3.39. The van der Waals surface area contributed by atoms with Gasteiger partial charge >= 0.3 is 5.69 Å². The third kappa shape index (κ3) is 4.80. The van der Waals surface area contributed by atoms with Crippen molar-refractivity contribution < 1.29 is 27.1 Å². The van der Waals surface area contributed by atoms with Crippen LogP contribution in [0.15, 0.2) is 65.1 Å². The smallest absolute Gasteiger partial charge is 0.355 e. The fourth-order valence-corrected chi connectivity index (χ4v) is 7.10. The quantitative estimate of drug-likeness (QED) is 0.328. The topological polar surface area (TPSA) is 139 Å². The maximum atomic E-state index is 15.8. The number of sulfone groups is 1. The van der Waals surface area contributed by atoms with Crippen molar-refractivity contribution in [1.29, 1.82) is 0 Å². The van der Waals surface area contributed by atoms with Crippen molar-refractivity contribution in [2.75, 3.05) is 24.5 Å². The molecule has 1 aliphatic heterocycles. The highest BCUT2D eigenvalue weighted by atomic mass is 32.2. The molecule has 1 aliphatic carbocycles. The van der Waals surface area contributed by atoms with Gasteiger partial charge < -0.3 is 14.9 Å². The Hall–Kier alpha value is -4.72. The first-order valence-corrected chi connectivity index (χ1v) is 15.1. The molecule has 4 aromatic rings. The molecule has 0 unspecified atom stereocenters. The Bertz CT molecular complexity index is 1960. The molecule has 0 radical (unpaired) electrons. The first-order chi connectivity index (χ1) is 20.5. The monoisotopic (exact) mass is 608 g/mol. The van der Waals surface area contributed by atoms with Gasteiger partial charge in [-0.05, 0) is 56.2 Å². The molecular formula is C29H26F2N6O5S. The van der Waals surface area contributed by atoms with Gasteiger partial charge in [-0.25, -0.2) is 36.5 Å². The Kier molecular flexibility index (Phi) is 6.95. The lowest BCUT2D eigenvalue weighted by Crippen LogP contribution is -2.54. The van der Waals surface area contributed by atoms with Crippen LogP contribution in [-0.4, -0.2) is 74.8 Å².